The van der Waals surface area contributed by atoms with Crippen LogP contribution in [0.2, 0.25) is 0 Å². The minimum atomic E-state index is -0.994. The average molecular weight is 225 g/mol. The second kappa shape index (κ2) is 4.44. The van der Waals surface area contributed by atoms with E-state index in [9.17, 15) is 9.18 Å². The minimum absolute atomic E-state index is 0.0988. The lowest BCUT2D eigenvalue weighted by Crippen LogP contribution is -2.41. The number of nitrogens with one attached hydrogen (secondary N) is 1. The molecule has 0 spiro atoms. The monoisotopic (exact) mass is 225 g/mol. The molecule has 1 fully saturated rings. The molecule has 2 heterocycles. The summed E-state index contributed by atoms with van der Waals surface area (Å²) in [5, 5.41) is 6.59. The maximum atomic E-state index is 12.5. The molecule has 16 heavy (non-hydrogen) atoms. The normalized spacial score (nSPS) is 24.3. The molecule has 0 radical (unpaired) electrons. The topological polar surface area (TPSA) is 56.1 Å². The maximum Gasteiger partial charge on any atom is 0.279 e. The molecule has 0 bridgehead atoms. The molecule has 6 heteroatoms. The first-order chi connectivity index (χ1) is 7.68. The fourth-order valence-electron chi connectivity index (χ4n) is 1.67. The summed E-state index contributed by atoms with van der Waals surface area (Å²) in [7, 11) is 0. The van der Waals surface area contributed by atoms with Crippen LogP contribution >= 0.6 is 0 Å². The van der Waals surface area contributed by atoms with Gasteiger partial charge in [0.15, 0.2) is 5.83 Å². The predicted molar refractivity (Wildman–Crippen MR) is 54.3 cm³/mol. The van der Waals surface area contributed by atoms with Crippen LogP contribution in [0.4, 0.5) is 4.39 Å². The number of hydrogen-bond donors (Lipinski definition) is 1. The van der Waals surface area contributed by atoms with Crippen molar-refractivity contribution in [3.8, 4) is 0 Å². The van der Waals surface area contributed by atoms with Crippen molar-refractivity contribution in [3.63, 3.8) is 0 Å². The second-order valence-electron chi connectivity index (χ2n) is 3.58. The van der Waals surface area contributed by atoms with Gasteiger partial charge in [-0.15, -0.1) is 0 Å². The fourth-order valence-corrected chi connectivity index (χ4v) is 1.67. The van der Waals surface area contributed by atoms with Gasteiger partial charge in [0, 0.05) is 12.4 Å². The van der Waals surface area contributed by atoms with Crippen LogP contribution in [0.1, 0.15) is 6.04 Å². The zero-order valence-corrected chi connectivity index (χ0v) is 8.60. The number of halogens is 1. The van der Waals surface area contributed by atoms with Gasteiger partial charge in [-0.3, -0.25) is 9.48 Å². The van der Waals surface area contributed by atoms with Gasteiger partial charge in [0.1, 0.15) is 0 Å². The molecule has 1 amide bonds. The van der Waals surface area contributed by atoms with E-state index in [0.29, 0.717) is 13.2 Å². The van der Waals surface area contributed by atoms with E-state index in [-0.39, 0.29) is 12.1 Å². The average Bonchev–Trinajstić information content (AvgIpc) is 2.85. The van der Waals surface area contributed by atoms with E-state index in [4.69, 9.17) is 4.74 Å². The summed E-state index contributed by atoms with van der Waals surface area (Å²) in [6, 6.07) is 1.41. The molecule has 86 valence electrons. The largest absolute Gasteiger partial charge is 0.377 e. The van der Waals surface area contributed by atoms with Gasteiger partial charge in [-0.05, 0) is 6.07 Å². The Kier molecular flexibility index (Phi) is 3.00. The van der Waals surface area contributed by atoms with Crippen molar-refractivity contribution in [1.29, 1.82) is 0 Å². The van der Waals surface area contributed by atoms with E-state index in [0.717, 1.165) is 0 Å². The number of rotatable bonds is 3. The third kappa shape index (κ3) is 2.11. The summed E-state index contributed by atoms with van der Waals surface area (Å²) in [5.41, 5.74) is 0. The van der Waals surface area contributed by atoms with Crippen molar-refractivity contribution < 1.29 is 13.9 Å². The number of carbonyl (C=O) groups is 1. The minimum Gasteiger partial charge on any atom is -0.377 e. The predicted octanol–water partition coefficient (Wildman–Crippen LogP) is 0.422. The summed E-state index contributed by atoms with van der Waals surface area (Å²) in [5.74, 6) is -1.79. The van der Waals surface area contributed by atoms with Gasteiger partial charge in [-0.1, -0.05) is 6.58 Å². The van der Waals surface area contributed by atoms with Gasteiger partial charge in [-0.2, -0.15) is 5.10 Å². The third-order valence-electron chi connectivity index (χ3n) is 2.48. The zero-order valence-electron chi connectivity index (χ0n) is 8.60. The number of amides is 1. The molecule has 0 unspecified atom stereocenters. The highest BCUT2D eigenvalue weighted by Crippen LogP contribution is 2.18. The molecule has 5 nitrogen and oxygen atoms in total. The first-order valence-electron chi connectivity index (χ1n) is 4.90. The molecule has 1 aliphatic rings. The van der Waals surface area contributed by atoms with Gasteiger partial charge in [0.2, 0.25) is 0 Å². The van der Waals surface area contributed by atoms with Crippen LogP contribution < -0.4 is 5.32 Å². The SMILES string of the molecule is C=C(F)C(=O)N[C@@H]1COC[C@@H]1n1cccn1. The quantitative estimate of drug-likeness (QED) is 0.758. The van der Waals surface area contributed by atoms with Crippen molar-refractivity contribution in [2.75, 3.05) is 13.2 Å². The van der Waals surface area contributed by atoms with E-state index in [1.165, 1.54) is 0 Å². The first kappa shape index (κ1) is 10.8. The fraction of sp³-hybridized carbons (Fsp3) is 0.400. The van der Waals surface area contributed by atoms with Crippen molar-refractivity contribution in [1.82, 2.24) is 15.1 Å². The molecular weight excluding hydrogens is 213 g/mol. The van der Waals surface area contributed by atoms with E-state index < -0.39 is 11.7 Å². The number of hydrogen-bond acceptors (Lipinski definition) is 3. The van der Waals surface area contributed by atoms with Gasteiger partial charge < -0.3 is 10.1 Å². The molecule has 1 saturated heterocycles. The Labute approximate surface area is 91.9 Å². The molecule has 0 saturated carbocycles. The zero-order chi connectivity index (χ0) is 11.5. The van der Waals surface area contributed by atoms with Gasteiger partial charge in [-0.25, -0.2) is 4.39 Å². The second-order valence-corrected chi connectivity index (χ2v) is 3.58. The lowest BCUT2D eigenvalue weighted by molar-refractivity contribution is -0.119. The van der Waals surface area contributed by atoms with E-state index in [1.54, 1.807) is 23.1 Å². The van der Waals surface area contributed by atoms with Crippen LogP contribution in [-0.2, 0) is 9.53 Å². The lowest BCUT2D eigenvalue weighted by atomic mass is 10.2. The Hall–Kier alpha value is -1.69. The summed E-state index contributed by atoms with van der Waals surface area (Å²) in [6.07, 6.45) is 3.42. The third-order valence-corrected chi connectivity index (χ3v) is 2.48. The molecule has 1 aromatic rings. The van der Waals surface area contributed by atoms with E-state index in [2.05, 4.69) is 17.0 Å². The summed E-state index contributed by atoms with van der Waals surface area (Å²) in [6.45, 7) is 3.74. The Bertz CT molecular complexity index is 391. The van der Waals surface area contributed by atoms with Crippen molar-refractivity contribution in [3.05, 3.63) is 30.9 Å². The van der Waals surface area contributed by atoms with Crippen molar-refractivity contribution in [2.45, 2.75) is 12.1 Å². The highest BCUT2D eigenvalue weighted by molar-refractivity contribution is 5.90. The van der Waals surface area contributed by atoms with Crippen molar-refractivity contribution in [2.24, 2.45) is 0 Å². The van der Waals surface area contributed by atoms with Crippen LogP contribution in [0, 0.1) is 0 Å². The molecule has 0 aromatic carbocycles. The molecule has 1 aliphatic heterocycles. The smallest absolute Gasteiger partial charge is 0.279 e. The molecule has 1 N–H and O–H groups in total. The van der Waals surface area contributed by atoms with Gasteiger partial charge in [0.05, 0.1) is 25.3 Å². The number of ether oxygens (including phenoxy) is 1. The Morgan fingerprint density at radius 2 is 2.44 bits per heavy atom. The maximum absolute atomic E-state index is 12.5. The van der Waals surface area contributed by atoms with Crippen LogP contribution in [0.3, 0.4) is 0 Å². The number of aromatic nitrogens is 2. The van der Waals surface area contributed by atoms with Gasteiger partial charge in [0.25, 0.3) is 5.91 Å². The first-order valence-corrected chi connectivity index (χ1v) is 4.90. The number of nitrogens with zero attached hydrogens (tertiary/aromatic N) is 2. The molecular formula is C10H12FN3O2. The standard InChI is InChI=1S/C10H12FN3O2/c1-7(11)10(15)13-8-5-16-6-9(8)14-4-2-3-12-14/h2-4,8-9H,1,5-6H2,(H,13,15)/t8-,9+/m1/s1. The van der Waals surface area contributed by atoms with Crippen LogP contribution in [0.15, 0.2) is 30.9 Å². The van der Waals surface area contributed by atoms with Gasteiger partial charge >= 0.3 is 0 Å². The van der Waals surface area contributed by atoms with Crippen LogP contribution in [0.25, 0.3) is 0 Å². The summed E-state index contributed by atoms with van der Waals surface area (Å²) >= 11 is 0. The molecule has 1 aromatic heterocycles. The molecule has 2 rings (SSSR count). The van der Waals surface area contributed by atoms with Crippen molar-refractivity contribution >= 4 is 5.91 Å². The van der Waals surface area contributed by atoms with E-state index >= 15 is 0 Å². The van der Waals surface area contributed by atoms with Crippen LogP contribution in [-0.4, -0.2) is 34.9 Å². The number of carbonyl (C=O) groups excluding carboxylic acids is 1. The molecule has 2 atom stereocenters. The molecule has 0 aliphatic carbocycles. The Balaban J connectivity index is 2.04. The van der Waals surface area contributed by atoms with E-state index in [1.807, 2.05) is 0 Å². The summed E-state index contributed by atoms with van der Waals surface area (Å²) < 4.78 is 19.5. The summed E-state index contributed by atoms with van der Waals surface area (Å²) in [4.78, 5) is 11.1. The lowest BCUT2D eigenvalue weighted by Gasteiger charge is -2.18. The highest BCUT2D eigenvalue weighted by Gasteiger charge is 2.31. The van der Waals surface area contributed by atoms with Crippen LogP contribution in [0.5, 0.6) is 0 Å². The highest BCUT2D eigenvalue weighted by atomic mass is 19.1. The Morgan fingerprint density at radius 1 is 1.62 bits per heavy atom. The Morgan fingerprint density at radius 3 is 3.06 bits per heavy atom.